The molecule has 5 aromatic rings. The molecule has 238 valence electrons. The van der Waals surface area contributed by atoms with Crippen molar-refractivity contribution in [1.82, 2.24) is 9.97 Å². The van der Waals surface area contributed by atoms with Crippen LogP contribution in [0.15, 0.2) is 91.0 Å². The van der Waals surface area contributed by atoms with Crippen LogP contribution in [0.2, 0.25) is 0 Å². The Balaban J connectivity index is 1.44. The van der Waals surface area contributed by atoms with E-state index in [9.17, 15) is 13.2 Å². The number of hydrogen-bond acceptors (Lipinski definition) is 9. The van der Waals surface area contributed by atoms with Gasteiger partial charge in [0.05, 0.1) is 37.5 Å². The summed E-state index contributed by atoms with van der Waals surface area (Å²) in [7, 11) is -0.172. The van der Waals surface area contributed by atoms with Gasteiger partial charge in [-0.3, -0.25) is 4.79 Å². The summed E-state index contributed by atoms with van der Waals surface area (Å²) in [6, 6.07) is 26.8. The van der Waals surface area contributed by atoms with Gasteiger partial charge >= 0.3 is 0 Å². The molecule has 3 N–H and O–H groups in total. The van der Waals surface area contributed by atoms with E-state index in [1.165, 1.54) is 14.2 Å². The number of para-hydroxylation sites is 2. The number of nitrogens with one attached hydrogen (secondary N) is 3. The van der Waals surface area contributed by atoms with Crippen molar-refractivity contribution >= 4 is 62.2 Å². The molecule has 0 aliphatic heterocycles. The van der Waals surface area contributed by atoms with E-state index in [1.807, 2.05) is 24.3 Å². The van der Waals surface area contributed by atoms with Crippen LogP contribution in [0.25, 0.3) is 11.0 Å². The van der Waals surface area contributed by atoms with Gasteiger partial charge in [-0.2, -0.15) is 0 Å². The van der Waals surface area contributed by atoms with Gasteiger partial charge in [0.1, 0.15) is 11.5 Å². The Morgan fingerprint density at radius 2 is 1.43 bits per heavy atom. The van der Waals surface area contributed by atoms with Crippen molar-refractivity contribution in [2.75, 3.05) is 41.0 Å². The highest BCUT2D eigenvalue weighted by Gasteiger charge is 2.22. The van der Waals surface area contributed by atoms with Crippen molar-refractivity contribution in [3.63, 3.8) is 0 Å². The van der Waals surface area contributed by atoms with E-state index in [1.54, 1.807) is 60.7 Å². The summed E-state index contributed by atoms with van der Waals surface area (Å²) >= 11 is 0. The van der Waals surface area contributed by atoms with Crippen LogP contribution in [0.5, 0.6) is 11.5 Å². The maximum atomic E-state index is 12.9. The SMILES string of the molecule is COc1cc(Nc2nc3ccccc3nc2N(c2cccc(NC(=O)CNc3cccc(C(C)(C)C)c3)c2)[SH](=O)=O)cc(OC)c1. The van der Waals surface area contributed by atoms with Crippen LogP contribution in [-0.2, 0) is 21.1 Å². The van der Waals surface area contributed by atoms with Crippen LogP contribution in [0.3, 0.4) is 0 Å². The standard InChI is InChI=1S/C34H36N6O5S/c1-34(2,3)22-10-8-11-23(16-22)35-21-31(41)36-24-12-9-13-26(17-24)40(46(42)43)33-32(38-29-14-6-7-15-30(29)39-33)37-25-18-27(44-4)20-28(19-25)45-5/h6-20,35,46H,21H2,1-5H3,(H,36,41)(H,37,38). The third kappa shape index (κ3) is 7.64. The largest absolute Gasteiger partial charge is 0.497 e. The van der Waals surface area contributed by atoms with E-state index in [0.717, 1.165) is 15.6 Å². The summed E-state index contributed by atoms with van der Waals surface area (Å²) in [6.07, 6.45) is 0. The molecule has 12 heteroatoms. The maximum Gasteiger partial charge on any atom is 0.243 e. The van der Waals surface area contributed by atoms with Gasteiger partial charge in [-0.25, -0.2) is 22.7 Å². The first-order chi connectivity index (χ1) is 22.0. The smallest absolute Gasteiger partial charge is 0.243 e. The second-order valence-corrected chi connectivity index (χ2v) is 12.3. The molecule has 0 saturated heterocycles. The van der Waals surface area contributed by atoms with Crippen LogP contribution in [-0.4, -0.2) is 45.1 Å². The maximum absolute atomic E-state index is 12.9. The van der Waals surface area contributed by atoms with E-state index >= 15 is 0 Å². The molecule has 0 unspecified atom stereocenters. The van der Waals surface area contributed by atoms with Crippen molar-refractivity contribution < 1.29 is 22.7 Å². The number of thiol groups is 1. The van der Waals surface area contributed by atoms with Crippen LogP contribution >= 0.6 is 0 Å². The fourth-order valence-corrected chi connectivity index (χ4v) is 5.34. The van der Waals surface area contributed by atoms with Crippen molar-refractivity contribution in [3.8, 4) is 11.5 Å². The number of amides is 1. The van der Waals surface area contributed by atoms with Gasteiger partial charge in [0, 0.05) is 35.3 Å². The molecule has 4 aromatic carbocycles. The molecular weight excluding hydrogens is 604 g/mol. The van der Waals surface area contributed by atoms with Gasteiger partial charge in [0.25, 0.3) is 0 Å². The highest BCUT2D eigenvalue weighted by molar-refractivity contribution is 7.74. The van der Waals surface area contributed by atoms with Gasteiger partial charge in [0.2, 0.25) is 16.8 Å². The van der Waals surface area contributed by atoms with E-state index in [4.69, 9.17) is 14.5 Å². The Labute approximate surface area is 269 Å². The number of carbonyl (C=O) groups excluding carboxylic acids is 1. The second-order valence-electron chi connectivity index (χ2n) is 11.4. The number of fused-ring (bicyclic) bond motifs is 1. The Morgan fingerprint density at radius 3 is 2.09 bits per heavy atom. The lowest BCUT2D eigenvalue weighted by molar-refractivity contribution is -0.114. The van der Waals surface area contributed by atoms with Gasteiger partial charge in [-0.05, 0) is 53.4 Å². The molecule has 0 aliphatic rings. The van der Waals surface area contributed by atoms with Crippen LogP contribution in [0, 0.1) is 0 Å². The highest BCUT2D eigenvalue weighted by Crippen LogP contribution is 2.36. The minimum absolute atomic E-state index is 0.0194. The third-order valence-corrected chi connectivity index (χ3v) is 7.83. The zero-order valence-electron chi connectivity index (χ0n) is 26.2. The average molecular weight is 641 g/mol. The summed E-state index contributed by atoms with van der Waals surface area (Å²) in [5, 5.41) is 9.20. The van der Waals surface area contributed by atoms with Crippen molar-refractivity contribution in [2.45, 2.75) is 26.2 Å². The van der Waals surface area contributed by atoms with Crippen LogP contribution in [0.4, 0.5) is 34.4 Å². The lowest BCUT2D eigenvalue weighted by atomic mass is 9.87. The van der Waals surface area contributed by atoms with E-state index in [-0.39, 0.29) is 35.2 Å². The predicted octanol–water partition coefficient (Wildman–Crippen LogP) is 6.40. The zero-order chi connectivity index (χ0) is 32.8. The number of hydrogen-bond donors (Lipinski definition) is 4. The first kappa shape index (κ1) is 32.0. The fourth-order valence-electron chi connectivity index (χ4n) is 4.73. The molecule has 11 nitrogen and oxygen atoms in total. The molecule has 0 spiro atoms. The number of rotatable bonds is 11. The number of ether oxygens (including phenoxy) is 2. The monoisotopic (exact) mass is 640 g/mol. The first-order valence-corrected chi connectivity index (χ1v) is 15.6. The average Bonchev–Trinajstić information content (AvgIpc) is 3.03. The Hall–Kier alpha value is -5.36. The Bertz CT molecular complexity index is 1930. The quantitative estimate of drug-likeness (QED) is 0.121. The normalized spacial score (nSPS) is 11.3. The number of carbonyl (C=O) groups is 1. The molecule has 0 fully saturated rings. The van der Waals surface area contributed by atoms with Crippen molar-refractivity contribution in [1.29, 1.82) is 0 Å². The van der Waals surface area contributed by atoms with Gasteiger partial charge < -0.3 is 25.4 Å². The summed E-state index contributed by atoms with van der Waals surface area (Å²) < 4.78 is 37.6. The molecule has 1 aromatic heterocycles. The summed E-state index contributed by atoms with van der Waals surface area (Å²) in [5.41, 5.74) is 4.23. The number of aromatic nitrogens is 2. The van der Waals surface area contributed by atoms with E-state index < -0.39 is 10.9 Å². The lowest BCUT2D eigenvalue weighted by Gasteiger charge is -2.21. The van der Waals surface area contributed by atoms with E-state index in [2.05, 4.69) is 47.8 Å². The molecule has 46 heavy (non-hydrogen) atoms. The van der Waals surface area contributed by atoms with E-state index in [0.29, 0.717) is 33.9 Å². The fraction of sp³-hybridized carbons (Fsp3) is 0.206. The summed E-state index contributed by atoms with van der Waals surface area (Å²) in [6.45, 7) is 6.40. The third-order valence-electron chi connectivity index (χ3n) is 7.09. The van der Waals surface area contributed by atoms with Crippen molar-refractivity contribution in [2.24, 2.45) is 0 Å². The zero-order valence-corrected chi connectivity index (χ0v) is 27.1. The summed E-state index contributed by atoms with van der Waals surface area (Å²) in [5.74, 6) is 0.994. The topological polar surface area (TPSA) is 135 Å². The first-order valence-electron chi connectivity index (χ1n) is 14.5. The van der Waals surface area contributed by atoms with Gasteiger partial charge in [-0.15, -0.1) is 0 Å². The number of methoxy groups -OCH3 is 2. The van der Waals surface area contributed by atoms with Crippen LogP contribution in [0.1, 0.15) is 26.3 Å². The second kappa shape index (κ2) is 13.7. The predicted molar refractivity (Wildman–Crippen MR) is 184 cm³/mol. The number of anilines is 6. The molecule has 5 rings (SSSR count). The minimum Gasteiger partial charge on any atom is -0.497 e. The lowest BCUT2D eigenvalue weighted by Crippen LogP contribution is -2.22. The molecule has 0 aliphatic carbocycles. The molecule has 0 atom stereocenters. The molecule has 0 bridgehead atoms. The van der Waals surface area contributed by atoms with Gasteiger partial charge in [0.15, 0.2) is 11.6 Å². The Morgan fingerprint density at radius 1 is 0.783 bits per heavy atom. The minimum atomic E-state index is -3.25. The molecule has 0 radical (unpaired) electrons. The van der Waals surface area contributed by atoms with Crippen LogP contribution < -0.4 is 29.7 Å². The molecular formula is C34H36N6O5S. The molecule has 0 saturated carbocycles. The highest BCUT2D eigenvalue weighted by atomic mass is 32.2. The molecule has 1 heterocycles. The number of benzene rings is 4. The molecule has 1 amide bonds. The Kier molecular flexibility index (Phi) is 9.57. The summed E-state index contributed by atoms with van der Waals surface area (Å²) in [4.78, 5) is 22.3. The van der Waals surface area contributed by atoms with Gasteiger partial charge in [-0.1, -0.05) is 51.1 Å². The number of nitrogens with zero attached hydrogens (tertiary/aromatic N) is 3. The van der Waals surface area contributed by atoms with Crippen molar-refractivity contribution in [3.05, 3.63) is 96.6 Å².